The number of carbonyl (C=O) groups is 4. The van der Waals surface area contributed by atoms with E-state index in [9.17, 15) is 19.2 Å². The fourth-order valence-corrected chi connectivity index (χ4v) is 3.25. The molecule has 0 aromatic heterocycles. The average molecular weight is 250 g/mol. The molecule has 96 valence electrons. The summed E-state index contributed by atoms with van der Waals surface area (Å²) < 4.78 is 0. The van der Waals surface area contributed by atoms with Gasteiger partial charge in [-0.15, -0.1) is 0 Å². The maximum Gasteiger partial charge on any atom is 0.249 e. The molecule has 6 nitrogen and oxygen atoms in total. The first kappa shape index (κ1) is 11.4. The summed E-state index contributed by atoms with van der Waals surface area (Å²) in [5.41, 5.74) is 0. The molecule has 3 atom stereocenters. The Hall–Kier alpha value is -1.72. The quantitative estimate of drug-likeness (QED) is 0.640. The van der Waals surface area contributed by atoms with Crippen LogP contribution in [0.1, 0.15) is 32.1 Å². The van der Waals surface area contributed by atoms with E-state index < -0.39 is 11.9 Å². The predicted molar refractivity (Wildman–Crippen MR) is 58.9 cm³/mol. The van der Waals surface area contributed by atoms with Crippen molar-refractivity contribution in [2.75, 3.05) is 0 Å². The molecular formula is C12H14N2O4. The number of nitrogens with zero attached hydrogens (tertiary/aromatic N) is 1. The number of fused-ring (bicyclic) bond motifs is 1. The van der Waals surface area contributed by atoms with Crippen molar-refractivity contribution in [2.45, 2.75) is 38.1 Å². The van der Waals surface area contributed by atoms with Crippen molar-refractivity contribution in [3.63, 3.8) is 0 Å². The van der Waals surface area contributed by atoms with Crippen LogP contribution in [0.25, 0.3) is 0 Å². The Bertz CT molecular complexity index is 437. The summed E-state index contributed by atoms with van der Waals surface area (Å²) in [5, 5.41) is 2.19. The first-order valence-electron chi connectivity index (χ1n) is 6.30. The summed E-state index contributed by atoms with van der Waals surface area (Å²) in [7, 11) is 0. The van der Waals surface area contributed by atoms with Gasteiger partial charge in [0, 0.05) is 6.42 Å². The Labute approximate surface area is 104 Å². The Morgan fingerprint density at radius 1 is 0.944 bits per heavy atom. The van der Waals surface area contributed by atoms with Gasteiger partial charge in [0.2, 0.25) is 23.6 Å². The maximum absolute atomic E-state index is 12.2. The van der Waals surface area contributed by atoms with Crippen molar-refractivity contribution in [2.24, 2.45) is 11.8 Å². The van der Waals surface area contributed by atoms with Crippen LogP contribution in [-0.2, 0) is 19.2 Å². The molecule has 0 bridgehead atoms. The molecule has 0 spiro atoms. The summed E-state index contributed by atoms with van der Waals surface area (Å²) >= 11 is 0. The van der Waals surface area contributed by atoms with Crippen molar-refractivity contribution >= 4 is 23.6 Å². The molecule has 2 heterocycles. The third-order valence-corrected chi connectivity index (χ3v) is 4.15. The number of amides is 4. The van der Waals surface area contributed by atoms with Gasteiger partial charge in [0.1, 0.15) is 6.04 Å². The molecule has 1 N–H and O–H groups in total. The summed E-state index contributed by atoms with van der Waals surface area (Å²) in [6.07, 6.45) is 2.80. The number of carbonyl (C=O) groups excluding carboxylic acids is 4. The van der Waals surface area contributed by atoms with E-state index in [0.29, 0.717) is 0 Å². The Balaban J connectivity index is 1.84. The summed E-state index contributed by atoms with van der Waals surface area (Å²) in [6.45, 7) is 0. The van der Waals surface area contributed by atoms with E-state index in [1.807, 2.05) is 0 Å². The Morgan fingerprint density at radius 3 is 2.11 bits per heavy atom. The fraction of sp³-hybridized carbons (Fsp3) is 0.667. The molecule has 0 unspecified atom stereocenters. The summed E-state index contributed by atoms with van der Waals surface area (Å²) in [6, 6.07) is -0.784. The van der Waals surface area contributed by atoms with Crippen LogP contribution in [0.3, 0.4) is 0 Å². The topological polar surface area (TPSA) is 83.6 Å². The van der Waals surface area contributed by atoms with Gasteiger partial charge in [-0.3, -0.25) is 29.4 Å². The molecule has 2 aliphatic heterocycles. The van der Waals surface area contributed by atoms with Crippen LogP contribution in [-0.4, -0.2) is 34.6 Å². The highest BCUT2D eigenvalue weighted by atomic mass is 16.2. The van der Waals surface area contributed by atoms with E-state index >= 15 is 0 Å². The highest BCUT2D eigenvalue weighted by molar-refractivity contribution is 6.10. The number of likely N-dealkylation sites (tertiary alicyclic amines) is 1. The Morgan fingerprint density at radius 2 is 1.56 bits per heavy atom. The smallest absolute Gasteiger partial charge is 0.249 e. The zero-order valence-electron chi connectivity index (χ0n) is 9.85. The lowest BCUT2D eigenvalue weighted by Gasteiger charge is -2.28. The lowest BCUT2D eigenvalue weighted by molar-refractivity contribution is -0.151. The van der Waals surface area contributed by atoms with Crippen molar-refractivity contribution in [1.82, 2.24) is 10.2 Å². The Kier molecular flexibility index (Phi) is 2.46. The fourth-order valence-electron chi connectivity index (χ4n) is 3.25. The van der Waals surface area contributed by atoms with Crippen LogP contribution < -0.4 is 5.32 Å². The van der Waals surface area contributed by atoms with Gasteiger partial charge in [-0.25, -0.2) is 0 Å². The van der Waals surface area contributed by atoms with Gasteiger partial charge in [0.25, 0.3) is 0 Å². The van der Waals surface area contributed by atoms with Crippen LogP contribution in [0.15, 0.2) is 0 Å². The van der Waals surface area contributed by atoms with Gasteiger partial charge < -0.3 is 0 Å². The molecule has 3 aliphatic rings. The molecule has 1 aliphatic carbocycles. The molecule has 4 amide bonds. The number of nitrogens with one attached hydrogen (secondary N) is 1. The monoisotopic (exact) mass is 250 g/mol. The van der Waals surface area contributed by atoms with Crippen molar-refractivity contribution in [1.29, 1.82) is 0 Å². The largest absolute Gasteiger partial charge is 0.295 e. The molecular weight excluding hydrogens is 236 g/mol. The number of rotatable bonds is 1. The van der Waals surface area contributed by atoms with Crippen LogP contribution in [0.5, 0.6) is 0 Å². The molecule has 3 rings (SSSR count). The van der Waals surface area contributed by atoms with Gasteiger partial charge >= 0.3 is 0 Å². The molecule has 2 saturated heterocycles. The standard InChI is InChI=1S/C12H14N2O4/c15-9-5-4-8(10(16)13-9)14-11(17)6-2-1-3-7(6)12(14)18/h6-8H,1-5H2,(H,13,15,16)/t6-,7-,8-/m0/s1. The minimum Gasteiger partial charge on any atom is -0.295 e. The number of piperidine rings is 1. The lowest BCUT2D eigenvalue weighted by Crippen LogP contribution is -2.54. The average Bonchev–Trinajstić information content (AvgIpc) is 2.87. The van der Waals surface area contributed by atoms with E-state index in [1.54, 1.807) is 0 Å². The lowest BCUT2D eigenvalue weighted by atomic mass is 10.00. The zero-order chi connectivity index (χ0) is 12.9. The second kappa shape index (κ2) is 3.90. The molecule has 0 radical (unpaired) electrons. The minimum absolute atomic E-state index is 0.183. The third kappa shape index (κ3) is 1.48. The summed E-state index contributed by atoms with van der Waals surface area (Å²) in [4.78, 5) is 48.2. The minimum atomic E-state index is -0.784. The molecule has 0 aromatic rings. The molecule has 18 heavy (non-hydrogen) atoms. The van der Waals surface area contributed by atoms with E-state index in [4.69, 9.17) is 0 Å². The van der Waals surface area contributed by atoms with Gasteiger partial charge in [0.05, 0.1) is 11.8 Å². The van der Waals surface area contributed by atoms with E-state index in [1.165, 1.54) is 0 Å². The SMILES string of the molecule is O=C1CC[C@H](N2C(=O)[C@H]3CCC[C@@H]3C2=O)C(=O)N1. The van der Waals surface area contributed by atoms with Crippen molar-refractivity contribution < 1.29 is 19.2 Å². The molecule has 3 fully saturated rings. The van der Waals surface area contributed by atoms with Gasteiger partial charge in [0.15, 0.2) is 0 Å². The highest BCUT2D eigenvalue weighted by Crippen LogP contribution is 2.41. The normalized spacial score (nSPS) is 36.0. The van der Waals surface area contributed by atoms with Gasteiger partial charge in [-0.2, -0.15) is 0 Å². The van der Waals surface area contributed by atoms with Crippen LogP contribution in [0, 0.1) is 11.8 Å². The predicted octanol–water partition coefficient (Wildman–Crippen LogP) is -0.423. The van der Waals surface area contributed by atoms with Crippen molar-refractivity contribution in [3.05, 3.63) is 0 Å². The van der Waals surface area contributed by atoms with Crippen LogP contribution >= 0.6 is 0 Å². The van der Waals surface area contributed by atoms with Gasteiger partial charge in [-0.05, 0) is 19.3 Å². The zero-order valence-corrected chi connectivity index (χ0v) is 9.85. The summed E-state index contributed by atoms with van der Waals surface area (Å²) in [5.74, 6) is -1.77. The molecule has 1 saturated carbocycles. The number of imide groups is 2. The first-order chi connectivity index (χ1) is 8.59. The second-order valence-electron chi connectivity index (χ2n) is 5.16. The van der Waals surface area contributed by atoms with E-state index in [2.05, 4.69) is 5.32 Å². The number of hydrogen-bond donors (Lipinski definition) is 1. The van der Waals surface area contributed by atoms with E-state index in [0.717, 1.165) is 24.2 Å². The van der Waals surface area contributed by atoms with E-state index in [-0.39, 0.29) is 42.4 Å². The third-order valence-electron chi connectivity index (χ3n) is 4.15. The maximum atomic E-state index is 12.2. The number of hydrogen-bond acceptors (Lipinski definition) is 4. The first-order valence-corrected chi connectivity index (χ1v) is 6.30. The second-order valence-corrected chi connectivity index (χ2v) is 5.16. The molecule has 6 heteroatoms. The van der Waals surface area contributed by atoms with Crippen LogP contribution in [0.4, 0.5) is 0 Å². The van der Waals surface area contributed by atoms with Crippen LogP contribution in [0.2, 0.25) is 0 Å². The highest BCUT2D eigenvalue weighted by Gasteiger charge is 2.53. The van der Waals surface area contributed by atoms with Crippen molar-refractivity contribution in [3.8, 4) is 0 Å². The molecule has 0 aromatic carbocycles. The van der Waals surface area contributed by atoms with Gasteiger partial charge in [-0.1, -0.05) is 6.42 Å².